The van der Waals surface area contributed by atoms with Crippen LogP contribution in [0.25, 0.3) is 0 Å². The van der Waals surface area contributed by atoms with E-state index in [0.29, 0.717) is 12.5 Å². The SMILES string of the molecule is CC(C)n1ccc(CC(O)c2cc3c(s2)CCSC3)n1. The Morgan fingerprint density at radius 1 is 1.45 bits per heavy atom. The first kappa shape index (κ1) is 14.2. The minimum atomic E-state index is -0.425. The summed E-state index contributed by atoms with van der Waals surface area (Å²) < 4.78 is 1.94. The first-order valence-electron chi connectivity index (χ1n) is 7.05. The quantitative estimate of drug-likeness (QED) is 0.938. The number of aryl methyl sites for hydroxylation is 1. The minimum absolute atomic E-state index is 0.368. The van der Waals surface area contributed by atoms with Crippen molar-refractivity contribution in [1.82, 2.24) is 9.78 Å². The molecule has 0 fully saturated rings. The second kappa shape index (κ2) is 5.92. The number of nitrogens with zero attached hydrogens (tertiary/aromatic N) is 2. The molecule has 0 saturated carbocycles. The molecule has 1 unspecified atom stereocenters. The molecule has 108 valence electrons. The van der Waals surface area contributed by atoms with Crippen LogP contribution in [0, 0.1) is 0 Å². The molecule has 3 rings (SSSR count). The molecule has 3 nitrogen and oxygen atoms in total. The van der Waals surface area contributed by atoms with E-state index in [1.807, 2.05) is 28.7 Å². The highest BCUT2D eigenvalue weighted by Gasteiger charge is 2.19. The van der Waals surface area contributed by atoms with Crippen LogP contribution in [-0.4, -0.2) is 20.6 Å². The maximum absolute atomic E-state index is 10.4. The summed E-state index contributed by atoms with van der Waals surface area (Å²) in [6, 6.07) is 4.56. The molecule has 1 aliphatic heterocycles. The molecule has 0 amide bonds. The summed E-state index contributed by atoms with van der Waals surface area (Å²) in [5.41, 5.74) is 2.39. The smallest absolute Gasteiger partial charge is 0.0938 e. The molecule has 0 aliphatic carbocycles. The molecule has 20 heavy (non-hydrogen) atoms. The lowest BCUT2D eigenvalue weighted by molar-refractivity contribution is 0.180. The van der Waals surface area contributed by atoms with E-state index in [4.69, 9.17) is 0 Å². The summed E-state index contributed by atoms with van der Waals surface area (Å²) >= 11 is 3.76. The zero-order valence-electron chi connectivity index (χ0n) is 11.9. The number of hydrogen-bond donors (Lipinski definition) is 1. The molecule has 0 aromatic carbocycles. The molecule has 0 spiro atoms. The van der Waals surface area contributed by atoms with Crippen molar-refractivity contribution < 1.29 is 5.11 Å². The molecule has 1 N–H and O–H groups in total. The van der Waals surface area contributed by atoms with Gasteiger partial charge in [0.2, 0.25) is 0 Å². The normalized spacial score (nSPS) is 16.4. The van der Waals surface area contributed by atoms with Gasteiger partial charge in [0.15, 0.2) is 0 Å². The first-order valence-corrected chi connectivity index (χ1v) is 9.02. The lowest BCUT2D eigenvalue weighted by Gasteiger charge is -2.08. The Morgan fingerprint density at radius 2 is 2.30 bits per heavy atom. The largest absolute Gasteiger partial charge is 0.387 e. The van der Waals surface area contributed by atoms with Crippen molar-refractivity contribution in [2.45, 2.75) is 44.6 Å². The van der Waals surface area contributed by atoms with Gasteiger partial charge in [-0.05, 0) is 43.7 Å². The number of hydrogen-bond acceptors (Lipinski definition) is 4. The van der Waals surface area contributed by atoms with Gasteiger partial charge in [-0.1, -0.05) is 0 Å². The van der Waals surface area contributed by atoms with Crippen LogP contribution in [0.2, 0.25) is 0 Å². The Kier molecular flexibility index (Phi) is 4.19. The molecular formula is C15H20N2OS2. The van der Waals surface area contributed by atoms with Gasteiger partial charge >= 0.3 is 0 Å². The summed E-state index contributed by atoms with van der Waals surface area (Å²) in [7, 11) is 0. The van der Waals surface area contributed by atoms with E-state index >= 15 is 0 Å². The van der Waals surface area contributed by atoms with Crippen LogP contribution in [0.1, 0.15) is 47.0 Å². The topological polar surface area (TPSA) is 38.0 Å². The fraction of sp³-hybridized carbons (Fsp3) is 0.533. The summed E-state index contributed by atoms with van der Waals surface area (Å²) in [5.74, 6) is 2.31. The van der Waals surface area contributed by atoms with Gasteiger partial charge in [0.05, 0.1) is 11.8 Å². The van der Waals surface area contributed by atoms with Crippen LogP contribution in [-0.2, 0) is 18.6 Å². The van der Waals surface area contributed by atoms with E-state index in [2.05, 4.69) is 25.0 Å². The van der Waals surface area contributed by atoms with Gasteiger partial charge in [0.25, 0.3) is 0 Å². The molecule has 1 aliphatic rings. The predicted molar refractivity (Wildman–Crippen MR) is 85.5 cm³/mol. The van der Waals surface area contributed by atoms with Gasteiger partial charge in [0.1, 0.15) is 0 Å². The fourth-order valence-electron chi connectivity index (χ4n) is 2.41. The van der Waals surface area contributed by atoms with Crippen molar-refractivity contribution >= 4 is 23.1 Å². The van der Waals surface area contributed by atoms with E-state index in [0.717, 1.165) is 22.7 Å². The molecular weight excluding hydrogens is 288 g/mol. The Hall–Kier alpha value is -0.780. The zero-order valence-corrected chi connectivity index (χ0v) is 13.5. The molecule has 0 radical (unpaired) electrons. The lowest BCUT2D eigenvalue weighted by atomic mass is 10.1. The van der Waals surface area contributed by atoms with Crippen molar-refractivity contribution in [3.05, 3.63) is 39.3 Å². The van der Waals surface area contributed by atoms with E-state index in [1.165, 1.54) is 16.2 Å². The van der Waals surface area contributed by atoms with Crippen molar-refractivity contribution in [1.29, 1.82) is 0 Å². The number of rotatable bonds is 4. The average Bonchev–Trinajstić information content (AvgIpc) is 3.04. The van der Waals surface area contributed by atoms with Crippen molar-refractivity contribution in [3.63, 3.8) is 0 Å². The van der Waals surface area contributed by atoms with Gasteiger partial charge in [-0.2, -0.15) is 16.9 Å². The van der Waals surface area contributed by atoms with E-state index < -0.39 is 6.10 Å². The van der Waals surface area contributed by atoms with Crippen LogP contribution in [0.3, 0.4) is 0 Å². The van der Waals surface area contributed by atoms with Gasteiger partial charge < -0.3 is 5.11 Å². The molecule has 0 saturated heterocycles. The Morgan fingerprint density at radius 3 is 3.00 bits per heavy atom. The number of thioether (sulfide) groups is 1. The second-order valence-electron chi connectivity index (χ2n) is 5.50. The van der Waals surface area contributed by atoms with Crippen LogP contribution >= 0.6 is 23.1 Å². The molecule has 1 atom stereocenters. The Balaban J connectivity index is 1.71. The van der Waals surface area contributed by atoms with Gasteiger partial charge in [-0.3, -0.25) is 4.68 Å². The highest BCUT2D eigenvalue weighted by atomic mass is 32.2. The van der Waals surface area contributed by atoms with Crippen LogP contribution < -0.4 is 0 Å². The van der Waals surface area contributed by atoms with Crippen LogP contribution in [0.15, 0.2) is 18.3 Å². The minimum Gasteiger partial charge on any atom is -0.387 e. The average molecular weight is 308 g/mol. The van der Waals surface area contributed by atoms with E-state index in [-0.39, 0.29) is 0 Å². The highest BCUT2D eigenvalue weighted by Crippen LogP contribution is 2.35. The molecule has 2 aromatic rings. The van der Waals surface area contributed by atoms with Crippen LogP contribution in [0.4, 0.5) is 0 Å². The highest BCUT2D eigenvalue weighted by molar-refractivity contribution is 7.98. The Labute approximate surface area is 128 Å². The standard InChI is InChI=1S/C15H20N2OS2/c1-10(2)17-5-3-12(16-17)8-13(18)15-7-11-9-19-6-4-14(11)20-15/h3,5,7,10,13,18H,4,6,8-9H2,1-2H3. The Bertz CT molecular complexity index is 565. The van der Waals surface area contributed by atoms with Crippen molar-refractivity contribution in [2.24, 2.45) is 0 Å². The van der Waals surface area contributed by atoms with Gasteiger partial charge in [-0.15, -0.1) is 11.3 Å². The number of fused-ring (bicyclic) bond motifs is 1. The molecule has 0 bridgehead atoms. The third kappa shape index (κ3) is 2.95. The van der Waals surface area contributed by atoms with Crippen LogP contribution in [0.5, 0.6) is 0 Å². The molecule has 2 aromatic heterocycles. The molecule has 3 heterocycles. The van der Waals surface area contributed by atoms with E-state index in [1.54, 1.807) is 11.3 Å². The van der Waals surface area contributed by atoms with Crippen molar-refractivity contribution in [3.8, 4) is 0 Å². The van der Waals surface area contributed by atoms with E-state index in [9.17, 15) is 5.11 Å². The van der Waals surface area contributed by atoms with Gasteiger partial charge in [-0.25, -0.2) is 0 Å². The summed E-state index contributed by atoms with van der Waals surface area (Å²) in [4.78, 5) is 2.56. The summed E-state index contributed by atoms with van der Waals surface area (Å²) in [5, 5.41) is 14.9. The van der Waals surface area contributed by atoms with Crippen molar-refractivity contribution in [2.75, 3.05) is 5.75 Å². The number of thiophene rings is 1. The fourth-order valence-corrected chi connectivity index (χ4v) is 4.77. The lowest BCUT2D eigenvalue weighted by Crippen LogP contribution is -2.04. The number of aromatic nitrogens is 2. The third-order valence-electron chi connectivity index (χ3n) is 3.57. The summed E-state index contributed by atoms with van der Waals surface area (Å²) in [6.07, 6.45) is 3.32. The third-order valence-corrected chi connectivity index (χ3v) is 5.92. The zero-order chi connectivity index (χ0) is 14.1. The maximum atomic E-state index is 10.4. The second-order valence-corrected chi connectivity index (χ2v) is 7.77. The monoisotopic (exact) mass is 308 g/mol. The maximum Gasteiger partial charge on any atom is 0.0938 e. The number of aliphatic hydroxyl groups excluding tert-OH is 1. The predicted octanol–water partition coefficient (Wildman–Crippen LogP) is 3.59. The van der Waals surface area contributed by atoms with Gasteiger partial charge in [0, 0.05) is 34.2 Å². The number of aliphatic hydroxyl groups is 1. The summed E-state index contributed by atoms with van der Waals surface area (Å²) in [6.45, 7) is 4.22. The molecule has 5 heteroatoms. The first-order chi connectivity index (χ1) is 9.63.